The lowest BCUT2D eigenvalue weighted by atomic mass is 10.1. The van der Waals surface area contributed by atoms with E-state index in [0.29, 0.717) is 0 Å². The van der Waals surface area contributed by atoms with Crippen LogP contribution in [-0.2, 0) is 4.79 Å². The van der Waals surface area contributed by atoms with Crippen LogP contribution in [0, 0.1) is 0 Å². The summed E-state index contributed by atoms with van der Waals surface area (Å²) in [6.45, 7) is 0. The zero-order valence-corrected chi connectivity index (χ0v) is 13.8. The molecule has 0 saturated heterocycles. The van der Waals surface area contributed by atoms with Gasteiger partial charge in [0.1, 0.15) is 0 Å². The third-order valence-electron chi connectivity index (χ3n) is 3.22. The van der Waals surface area contributed by atoms with Crippen molar-refractivity contribution >= 4 is 57.1 Å². The molecule has 0 unspecified atom stereocenters. The largest absolute Gasteiger partial charge is 0.332 e. The van der Waals surface area contributed by atoms with E-state index in [2.05, 4.69) is 10.6 Å². The van der Waals surface area contributed by atoms with E-state index in [1.807, 2.05) is 60.0 Å². The summed E-state index contributed by atoms with van der Waals surface area (Å²) in [6, 6.07) is 17.8. The zero-order chi connectivity index (χ0) is 16.1. The van der Waals surface area contributed by atoms with E-state index < -0.39 is 0 Å². The number of hydrogen-bond donors (Lipinski definition) is 2. The Morgan fingerprint density at radius 1 is 1.04 bits per heavy atom. The van der Waals surface area contributed by atoms with Gasteiger partial charge in [-0.15, -0.1) is 11.3 Å². The van der Waals surface area contributed by atoms with Crippen molar-refractivity contribution in [2.45, 2.75) is 0 Å². The standard InChI is InChI=1S/C18H14N2OS2/c21-17(11-10-14-7-4-12-23-14)20-18(22)19-16-9-3-6-13-5-1-2-8-15(13)16/h1-12H,(H2,19,20,21,22). The van der Waals surface area contributed by atoms with Gasteiger partial charge in [-0.3, -0.25) is 10.1 Å². The number of benzene rings is 2. The van der Waals surface area contributed by atoms with Gasteiger partial charge in [0.15, 0.2) is 5.11 Å². The van der Waals surface area contributed by atoms with Crippen molar-refractivity contribution in [3.8, 4) is 0 Å². The number of anilines is 1. The van der Waals surface area contributed by atoms with Gasteiger partial charge in [-0.25, -0.2) is 0 Å². The smallest absolute Gasteiger partial charge is 0.250 e. The highest BCUT2D eigenvalue weighted by Gasteiger charge is 2.04. The molecule has 114 valence electrons. The maximum Gasteiger partial charge on any atom is 0.250 e. The van der Waals surface area contributed by atoms with Gasteiger partial charge in [0, 0.05) is 22.0 Å². The molecular weight excluding hydrogens is 324 g/mol. The van der Waals surface area contributed by atoms with Gasteiger partial charge in [0.05, 0.1) is 0 Å². The van der Waals surface area contributed by atoms with Crippen LogP contribution >= 0.6 is 23.6 Å². The van der Waals surface area contributed by atoms with Crippen molar-refractivity contribution in [3.05, 3.63) is 70.9 Å². The van der Waals surface area contributed by atoms with E-state index in [0.717, 1.165) is 21.3 Å². The van der Waals surface area contributed by atoms with Crippen molar-refractivity contribution in [3.63, 3.8) is 0 Å². The van der Waals surface area contributed by atoms with Crippen LogP contribution in [0.2, 0.25) is 0 Å². The fourth-order valence-corrected chi connectivity index (χ4v) is 3.01. The lowest BCUT2D eigenvalue weighted by Crippen LogP contribution is -2.32. The van der Waals surface area contributed by atoms with Gasteiger partial charge in [0.25, 0.3) is 0 Å². The minimum atomic E-state index is -0.254. The highest BCUT2D eigenvalue weighted by molar-refractivity contribution is 7.80. The summed E-state index contributed by atoms with van der Waals surface area (Å²) >= 11 is 6.79. The Hall–Kier alpha value is -2.50. The van der Waals surface area contributed by atoms with Crippen LogP contribution in [0.3, 0.4) is 0 Å². The van der Waals surface area contributed by atoms with Crippen LogP contribution in [0.25, 0.3) is 16.8 Å². The molecule has 0 aliphatic rings. The van der Waals surface area contributed by atoms with Crippen LogP contribution in [0.1, 0.15) is 4.88 Å². The van der Waals surface area contributed by atoms with Crippen molar-refractivity contribution in [1.82, 2.24) is 5.32 Å². The first kappa shape index (κ1) is 15.4. The Balaban J connectivity index is 1.66. The average Bonchev–Trinajstić information content (AvgIpc) is 3.07. The summed E-state index contributed by atoms with van der Waals surface area (Å²) in [5.41, 5.74) is 0.871. The minimum absolute atomic E-state index is 0.254. The van der Waals surface area contributed by atoms with E-state index in [-0.39, 0.29) is 11.0 Å². The quantitative estimate of drug-likeness (QED) is 0.548. The number of hydrogen-bond acceptors (Lipinski definition) is 3. The molecule has 1 amide bonds. The van der Waals surface area contributed by atoms with Gasteiger partial charge in [0.2, 0.25) is 5.91 Å². The summed E-state index contributed by atoms with van der Waals surface area (Å²) in [5, 5.41) is 10.1. The Bertz CT molecular complexity index is 864. The first-order chi connectivity index (χ1) is 11.2. The molecule has 3 aromatic rings. The van der Waals surface area contributed by atoms with Crippen LogP contribution in [0.4, 0.5) is 5.69 Å². The number of thiocarbonyl (C=S) groups is 1. The van der Waals surface area contributed by atoms with Gasteiger partial charge < -0.3 is 5.32 Å². The molecule has 0 aliphatic carbocycles. The summed E-state index contributed by atoms with van der Waals surface area (Å²) in [5.74, 6) is -0.254. The molecule has 2 aromatic carbocycles. The Morgan fingerprint density at radius 2 is 1.87 bits per heavy atom. The summed E-state index contributed by atoms with van der Waals surface area (Å²) < 4.78 is 0. The number of carbonyl (C=O) groups excluding carboxylic acids is 1. The second-order valence-electron chi connectivity index (χ2n) is 4.82. The molecule has 1 aromatic heterocycles. The highest BCUT2D eigenvalue weighted by Crippen LogP contribution is 2.22. The van der Waals surface area contributed by atoms with Crippen LogP contribution in [-0.4, -0.2) is 11.0 Å². The van der Waals surface area contributed by atoms with E-state index >= 15 is 0 Å². The Labute approximate surface area is 143 Å². The predicted molar refractivity (Wildman–Crippen MR) is 102 cm³/mol. The zero-order valence-electron chi connectivity index (χ0n) is 12.2. The fraction of sp³-hybridized carbons (Fsp3) is 0. The number of rotatable bonds is 3. The Kier molecular flexibility index (Phi) is 4.80. The lowest BCUT2D eigenvalue weighted by Gasteiger charge is -2.10. The van der Waals surface area contributed by atoms with E-state index in [4.69, 9.17) is 12.2 Å². The number of nitrogens with one attached hydrogen (secondary N) is 2. The minimum Gasteiger partial charge on any atom is -0.332 e. The van der Waals surface area contributed by atoms with Crippen molar-refractivity contribution in [2.75, 3.05) is 5.32 Å². The van der Waals surface area contributed by atoms with Crippen molar-refractivity contribution in [2.24, 2.45) is 0 Å². The topological polar surface area (TPSA) is 41.1 Å². The molecule has 0 bridgehead atoms. The fourth-order valence-electron chi connectivity index (χ4n) is 2.19. The molecule has 3 rings (SSSR count). The third kappa shape index (κ3) is 4.03. The summed E-state index contributed by atoms with van der Waals surface area (Å²) in [4.78, 5) is 12.9. The molecular formula is C18H14N2OS2. The molecule has 0 aliphatic heterocycles. The van der Waals surface area contributed by atoms with Gasteiger partial charge in [-0.1, -0.05) is 42.5 Å². The average molecular weight is 338 g/mol. The molecule has 0 fully saturated rings. The molecule has 3 nitrogen and oxygen atoms in total. The normalized spacial score (nSPS) is 10.8. The predicted octanol–water partition coefficient (Wildman–Crippen LogP) is 4.43. The van der Waals surface area contributed by atoms with E-state index in [9.17, 15) is 4.79 Å². The number of thiophene rings is 1. The second kappa shape index (κ2) is 7.17. The number of amides is 1. The van der Waals surface area contributed by atoms with Crippen LogP contribution < -0.4 is 10.6 Å². The molecule has 1 heterocycles. The highest BCUT2D eigenvalue weighted by atomic mass is 32.1. The van der Waals surface area contributed by atoms with Crippen LogP contribution in [0.15, 0.2) is 66.1 Å². The molecule has 0 atom stereocenters. The molecule has 0 saturated carbocycles. The molecule has 0 spiro atoms. The maximum absolute atomic E-state index is 11.9. The molecule has 23 heavy (non-hydrogen) atoms. The molecule has 5 heteroatoms. The van der Waals surface area contributed by atoms with Crippen molar-refractivity contribution in [1.29, 1.82) is 0 Å². The Morgan fingerprint density at radius 3 is 2.70 bits per heavy atom. The van der Waals surface area contributed by atoms with Gasteiger partial charge >= 0.3 is 0 Å². The molecule has 0 radical (unpaired) electrons. The third-order valence-corrected chi connectivity index (χ3v) is 4.26. The van der Waals surface area contributed by atoms with Gasteiger partial charge in [-0.2, -0.15) is 0 Å². The van der Waals surface area contributed by atoms with E-state index in [1.54, 1.807) is 17.4 Å². The summed E-state index contributed by atoms with van der Waals surface area (Å²) in [7, 11) is 0. The first-order valence-corrected chi connectivity index (χ1v) is 8.32. The summed E-state index contributed by atoms with van der Waals surface area (Å²) in [6.07, 6.45) is 3.24. The lowest BCUT2D eigenvalue weighted by molar-refractivity contribution is -0.115. The monoisotopic (exact) mass is 338 g/mol. The maximum atomic E-state index is 11.9. The van der Waals surface area contributed by atoms with Crippen molar-refractivity contribution < 1.29 is 4.79 Å². The number of carbonyl (C=O) groups is 1. The first-order valence-electron chi connectivity index (χ1n) is 7.04. The second-order valence-corrected chi connectivity index (χ2v) is 6.21. The van der Waals surface area contributed by atoms with Crippen LogP contribution in [0.5, 0.6) is 0 Å². The SMILES string of the molecule is O=C(C=Cc1cccs1)NC(=S)Nc1cccc2ccccc12. The van der Waals surface area contributed by atoms with E-state index in [1.165, 1.54) is 6.08 Å². The van der Waals surface area contributed by atoms with Gasteiger partial charge in [-0.05, 0) is 41.2 Å². The number of fused-ring (bicyclic) bond motifs is 1. The molecule has 2 N–H and O–H groups in total.